The topological polar surface area (TPSA) is 38.3 Å². The lowest BCUT2D eigenvalue weighted by Crippen LogP contribution is -2.36. The Bertz CT molecular complexity index is 596. The van der Waals surface area contributed by atoms with Crippen LogP contribution in [0.4, 0.5) is 5.69 Å². The molecule has 2 atom stereocenters. The lowest BCUT2D eigenvalue weighted by Gasteiger charge is -2.26. The Kier molecular flexibility index (Phi) is 6.21. The standard InChI is InChI=1S/C20H25NO2/c1-15(2)14-19(21-17-10-6-4-7-11-17)16(3)20(22)23-18-12-8-5-9-13-18/h4-13,15-16,19,21H,14H2,1-3H3/t16-,19-/m0/s1. The van der Waals surface area contributed by atoms with Crippen LogP contribution in [0, 0.1) is 11.8 Å². The molecule has 0 bridgehead atoms. The van der Waals surface area contributed by atoms with Gasteiger partial charge in [0.15, 0.2) is 0 Å². The Hall–Kier alpha value is -2.29. The summed E-state index contributed by atoms with van der Waals surface area (Å²) in [5.74, 6) is 0.638. The maximum absolute atomic E-state index is 12.5. The zero-order valence-corrected chi connectivity index (χ0v) is 14.0. The van der Waals surface area contributed by atoms with Crippen LogP contribution in [0.15, 0.2) is 60.7 Å². The number of rotatable bonds is 7. The van der Waals surface area contributed by atoms with E-state index in [1.54, 1.807) is 12.1 Å². The minimum absolute atomic E-state index is 0.0358. The fourth-order valence-electron chi connectivity index (χ4n) is 2.51. The van der Waals surface area contributed by atoms with E-state index in [4.69, 9.17) is 4.74 Å². The van der Waals surface area contributed by atoms with Crippen molar-refractivity contribution >= 4 is 11.7 Å². The molecule has 1 N–H and O–H groups in total. The number of carbonyl (C=O) groups is 1. The van der Waals surface area contributed by atoms with Crippen molar-refractivity contribution in [3.63, 3.8) is 0 Å². The number of esters is 1. The molecule has 0 saturated heterocycles. The van der Waals surface area contributed by atoms with Crippen LogP contribution in [-0.2, 0) is 4.79 Å². The first-order valence-corrected chi connectivity index (χ1v) is 8.14. The number of anilines is 1. The molecule has 0 aromatic heterocycles. The minimum Gasteiger partial charge on any atom is -0.426 e. The first kappa shape index (κ1) is 17.1. The van der Waals surface area contributed by atoms with Crippen molar-refractivity contribution in [1.82, 2.24) is 0 Å². The van der Waals surface area contributed by atoms with Gasteiger partial charge in [-0.15, -0.1) is 0 Å². The number of benzene rings is 2. The summed E-state index contributed by atoms with van der Waals surface area (Å²) in [4.78, 5) is 12.5. The smallest absolute Gasteiger partial charge is 0.316 e. The number of nitrogens with one attached hydrogen (secondary N) is 1. The van der Waals surface area contributed by atoms with E-state index in [0.29, 0.717) is 11.7 Å². The number of carbonyl (C=O) groups excluding carboxylic acids is 1. The van der Waals surface area contributed by atoms with Crippen LogP contribution < -0.4 is 10.1 Å². The van der Waals surface area contributed by atoms with Crippen LogP contribution >= 0.6 is 0 Å². The summed E-state index contributed by atoms with van der Waals surface area (Å²) in [5.41, 5.74) is 1.03. The number of para-hydroxylation sites is 2. The highest BCUT2D eigenvalue weighted by atomic mass is 16.5. The second-order valence-corrected chi connectivity index (χ2v) is 6.27. The average Bonchev–Trinajstić information content (AvgIpc) is 2.55. The molecule has 23 heavy (non-hydrogen) atoms. The third-order valence-corrected chi connectivity index (χ3v) is 3.79. The van der Waals surface area contributed by atoms with E-state index >= 15 is 0 Å². The maximum Gasteiger partial charge on any atom is 0.316 e. The van der Waals surface area contributed by atoms with Gasteiger partial charge in [-0.05, 0) is 43.5 Å². The van der Waals surface area contributed by atoms with Gasteiger partial charge in [-0.3, -0.25) is 4.79 Å². The van der Waals surface area contributed by atoms with Gasteiger partial charge >= 0.3 is 5.97 Å². The summed E-state index contributed by atoms with van der Waals surface area (Å²) in [7, 11) is 0. The van der Waals surface area contributed by atoms with E-state index in [9.17, 15) is 4.79 Å². The molecule has 2 rings (SSSR count). The lowest BCUT2D eigenvalue weighted by molar-refractivity contribution is -0.138. The molecular formula is C20H25NO2. The first-order chi connectivity index (χ1) is 11.1. The summed E-state index contributed by atoms with van der Waals surface area (Å²) >= 11 is 0. The van der Waals surface area contributed by atoms with E-state index in [0.717, 1.165) is 12.1 Å². The van der Waals surface area contributed by atoms with Crippen molar-refractivity contribution in [2.24, 2.45) is 11.8 Å². The minimum atomic E-state index is -0.238. The number of hydrogen-bond donors (Lipinski definition) is 1. The normalized spacial score (nSPS) is 13.4. The molecule has 2 aromatic rings. The fourth-order valence-corrected chi connectivity index (χ4v) is 2.51. The van der Waals surface area contributed by atoms with Crippen LogP contribution in [0.2, 0.25) is 0 Å². The Morgan fingerprint density at radius 2 is 1.52 bits per heavy atom. The molecule has 0 spiro atoms. The highest BCUT2D eigenvalue weighted by Gasteiger charge is 2.26. The van der Waals surface area contributed by atoms with Gasteiger partial charge in [-0.1, -0.05) is 50.2 Å². The fraction of sp³-hybridized carbons (Fsp3) is 0.350. The molecule has 0 aliphatic rings. The van der Waals surface area contributed by atoms with Gasteiger partial charge in [0.2, 0.25) is 0 Å². The Labute approximate surface area is 138 Å². The van der Waals surface area contributed by atoms with E-state index in [2.05, 4.69) is 19.2 Å². The molecule has 0 unspecified atom stereocenters. The highest BCUT2D eigenvalue weighted by molar-refractivity contribution is 5.76. The largest absolute Gasteiger partial charge is 0.426 e. The van der Waals surface area contributed by atoms with Gasteiger partial charge in [0.05, 0.1) is 5.92 Å². The zero-order chi connectivity index (χ0) is 16.7. The van der Waals surface area contributed by atoms with Crippen LogP contribution in [0.3, 0.4) is 0 Å². The van der Waals surface area contributed by atoms with Gasteiger partial charge in [0.1, 0.15) is 5.75 Å². The highest BCUT2D eigenvalue weighted by Crippen LogP contribution is 2.21. The molecule has 0 saturated carbocycles. The van der Waals surface area contributed by atoms with Gasteiger partial charge in [-0.25, -0.2) is 0 Å². The first-order valence-electron chi connectivity index (χ1n) is 8.14. The molecule has 0 amide bonds. The Balaban J connectivity index is 2.06. The van der Waals surface area contributed by atoms with Crippen LogP contribution in [-0.4, -0.2) is 12.0 Å². The average molecular weight is 311 g/mol. The van der Waals surface area contributed by atoms with Crippen molar-refractivity contribution in [1.29, 1.82) is 0 Å². The molecule has 122 valence electrons. The number of ether oxygens (including phenoxy) is 1. The predicted octanol–water partition coefficient (Wildman–Crippen LogP) is 4.75. The maximum atomic E-state index is 12.5. The number of hydrogen-bond acceptors (Lipinski definition) is 3. The lowest BCUT2D eigenvalue weighted by atomic mass is 9.93. The van der Waals surface area contributed by atoms with Crippen LogP contribution in [0.1, 0.15) is 27.2 Å². The second-order valence-electron chi connectivity index (χ2n) is 6.27. The summed E-state index contributed by atoms with van der Waals surface area (Å²) in [5, 5.41) is 3.48. The quantitative estimate of drug-likeness (QED) is 0.592. The van der Waals surface area contributed by atoms with Gasteiger partial charge in [0.25, 0.3) is 0 Å². The summed E-state index contributed by atoms with van der Waals surface area (Å²) in [6.07, 6.45) is 0.903. The van der Waals surface area contributed by atoms with Gasteiger partial charge in [0, 0.05) is 11.7 Å². The van der Waals surface area contributed by atoms with E-state index in [1.165, 1.54) is 0 Å². The van der Waals surface area contributed by atoms with Gasteiger partial charge in [-0.2, -0.15) is 0 Å². The van der Waals surface area contributed by atoms with Crippen LogP contribution in [0.5, 0.6) is 5.75 Å². The molecule has 0 heterocycles. The molecule has 2 aromatic carbocycles. The van der Waals surface area contributed by atoms with Crippen LogP contribution in [0.25, 0.3) is 0 Å². The Morgan fingerprint density at radius 3 is 2.09 bits per heavy atom. The monoisotopic (exact) mass is 311 g/mol. The molecule has 0 aliphatic heterocycles. The summed E-state index contributed by atoms with van der Waals surface area (Å²) in [6, 6.07) is 19.2. The summed E-state index contributed by atoms with van der Waals surface area (Å²) in [6.45, 7) is 6.25. The van der Waals surface area contributed by atoms with Crippen molar-refractivity contribution in [3.05, 3.63) is 60.7 Å². The molecule has 3 heteroatoms. The van der Waals surface area contributed by atoms with Crippen molar-refractivity contribution < 1.29 is 9.53 Å². The van der Waals surface area contributed by atoms with Gasteiger partial charge < -0.3 is 10.1 Å². The molecule has 0 aliphatic carbocycles. The van der Waals surface area contributed by atoms with Crippen molar-refractivity contribution in [3.8, 4) is 5.75 Å². The van der Waals surface area contributed by atoms with Crippen molar-refractivity contribution in [2.45, 2.75) is 33.2 Å². The SMILES string of the molecule is CC(C)C[C@H](Nc1ccccc1)[C@H](C)C(=O)Oc1ccccc1. The Morgan fingerprint density at radius 1 is 0.957 bits per heavy atom. The zero-order valence-electron chi connectivity index (χ0n) is 14.0. The van der Waals surface area contributed by atoms with E-state index in [1.807, 2.05) is 55.5 Å². The molecular weight excluding hydrogens is 286 g/mol. The van der Waals surface area contributed by atoms with E-state index in [-0.39, 0.29) is 17.9 Å². The molecule has 0 fully saturated rings. The third kappa shape index (κ3) is 5.44. The molecule has 3 nitrogen and oxygen atoms in total. The van der Waals surface area contributed by atoms with Crippen molar-refractivity contribution in [2.75, 3.05) is 5.32 Å². The second kappa shape index (κ2) is 8.37. The predicted molar refractivity (Wildman–Crippen MR) is 94.5 cm³/mol. The summed E-state index contributed by atoms with van der Waals surface area (Å²) < 4.78 is 5.50. The third-order valence-electron chi connectivity index (χ3n) is 3.79. The molecule has 0 radical (unpaired) electrons. The van der Waals surface area contributed by atoms with E-state index < -0.39 is 0 Å².